The van der Waals surface area contributed by atoms with Crippen molar-refractivity contribution in [1.29, 1.82) is 0 Å². The van der Waals surface area contributed by atoms with E-state index in [1.165, 1.54) is 130 Å². The molecule has 0 atom stereocenters. The van der Waals surface area contributed by atoms with E-state index in [0.717, 1.165) is 0 Å². The van der Waals surface area contributed by atoms with Gasteiger partial charge in [-0.2, -0.15) is 0 Å². The molecule has 256 valence electrons. The molecule has 0 nitrogen and oxygen atoms in total. The quantitative estimate of drug-likeness (QED) is 0.161. The SMILES string of the molecule is c1ccc(-c2c3cc4c5ccccc5c5cccc(c3c(-c3ccccc3)c3c6cc7ccccc7c7c(-c8cccc9ccccc89)ccc(c23)c67)c54)cc1. The highest BCUT2D eigenvalue weighted by Gasteiger charge is 2.27. The molecular weight excluding hydrogens is 673 g/mol. The Balaban J connectivity index is 1.36. The Hall–Kier alpha value is -7.28. The molecule has 13 rings (SSSR count). The van der Waals surface area contributed by atoms with Crippen LogP contribution in [-0.2, 0) is 0 Å². The second-order valence-electron chi connectivity index (χ2n) is 15.4. The van der Waals surface area contributed by atoms with Crippen LogP contribution in [0.25, 0.3) is 130 Å². The first-order valence-corrected chi connectivity index (χ1v) is 19.6. The molecule has 0 aromatic heterocycles. The Morgan fingerprint density at radius 3 is 1.54 bits per heavy atom. The van der Waals surface area contributed by atoms with Gasteiger partial charge >= 0.3 is 0 Å². The number of hydrogen-bond donors (Lipinski definition) is 0. The van der Waals surface area contributed by atoms with Crippen LogP contribution >= 0.6 is 0 Å². The molecule has 0 aliphatic rings. The molecule has 0 radical (unpaired) electrons. The third-order valence-electron chi connectivity index (χ3n) is 12.7. The lowest BCUT2D eigenvalue weighted by Gasteiger charge is -2.19. The van der Waals surface area contributed by atoms with Crippen LogP contribution in [0.5, 0.6) is 0 Å². The number of hydrogen-bond acceptors (Lipinski definition) is 0. The van der Waals surface area contributed by atoms with Gasteiger partial charge in [-0.05, 0) is 142 Å². The van der Waals surface area contributed by atoms with Crippen molar-refractivity contribution in [3.05, 3.63) is 194 Å². The monoisotopic (exact) mass is 704 g/mol. The molecule has 0 saturated heterocycles. The minimum Gasteiger partial charge on any atom is -0.0622 e. The van der Waals surface area contributed by atoms with Crippen LogP contribution in [0.3, 0.4) is 0 Å². The summed E-state index contributed by atoms with van der Waals surface area (Å²) in [4.78, 5) is 0. The summed E-state index contributed by atoms with van der Waals surface area (Å²) in [6.07, 6.45) is 0. The summed E-state index contributed by atoms with van der Waals surface area (Å²) in [7, 11) is 0. The Bertz CT molecular complexity index is 3720. The van der Waals surface area contributed by atoms with Crippen LogP contribution in [0.15, 0.2) is 194 Å². The van der Waals surface area contributed by atoms with Gasteiger partial charge in [0.05, 0.1) is 0 Å². The van der Waals surface area contributed by atoms with E-state index in [1.807, 2.05) is 0 Å². The predicted octanol–water partition coefficient (Wildman–Crippen LogP) is 15.9. The van der Waals surface area contributed by atoms with Crippen molar-refractivity contribution in [1.82, 2.24) is 0 Å². The second kappa shape index (κ2) is 11.1. The van der Waals surface area contributed by atoms with Gasteiger partial charge in [-0.25, -0.2) is 0 Å². The summed E-state index contributed by atoms with van der Waals surface area (Å²) in [5, 5.41) is 23.6. The third kappa shape index (κ3) is 3.88. The Morgan fingerprint density at radius 1 is 0.196 bits per heavy atom. The van der Waals surface area contributed by atoms with E-state index in [9.17, 15) is 0 Å². The number of rotatable bonds is 3. The highest BCUT2D eigenvalue weighted by Crippen LogP contribution is 2.56. The summed E-state index contributed by atoms with van der Waals surface area (Å²) >= 11 is 0. The van der Waals surface area contributed by atoms with E-state index in [1.54, 1.807) is 0 Å². The van der Waals surface area contributed by atoms with E-state index >= 15 is 0 Å². The molecule has 0 bridgehead atoms. The van der Waals surface area contributed by atoms with E-state index in [4.69, 9.17) is 0 Å². The zero-order valence-electron chi connectivity index (χ0n) is 30.5. The van der Waals surface area contributed by atoms with Crippen LogP contribution in [0.1, 0.15) is 0 Å². The van der Waals surface area contributed by atoms with Gasteiger partial charge in [0.15, 0.2) is 0 Å². The summed E-state index contributed by atoms with van der Waals surface area (Å²) < 4.78 is 0. The lowest BCUT2D eigenvalue weighted by molar-refractivity contribution is 1.68. The first-order valence-electron chi connectivity index (χ1n) is 19.6. The summed E-state index contributed by atoms with van der Waals surface area (Å²) in [5.41, 5.74) is 7.66. The van der Waals surface area contributed by atoms with Crippen molar-refractivity contribution in [2.45, 2.75) is 0 Å². The molecule has 0 N–H and O–H groups in total. The number of fused-ring (bicyclic) bond motifs is 11. The van der Waals surface area contributed by atoms with Crippen LogP contribution in [0, 0.1) is 0 Å². The Morgan fingerprint density at radius 2 is 0.750 bits per heavy atom. The molecule has 0 aliphatic heterocycles. The van der Waals surface area contributed by atoms with Gasteiger partial charge in [-0.3, -0.25) is 0 Å². The highest BCUT2D eigenvalue weighted by molar-refractivity contribution is 6.46. The first-order chi connectivity index (χ1) is 27.8. The van der Waals surface area contributed by atoms with E-state index in [0.29, 0.717) is 0 Å². The van der Waals surface area contributed by atoms with Crippen LogP contribution in [-0.4, -0.2) is 0 Å². The smallest absolute Gasteiger partial charge is 0.000697 e. The summed E-state index contributed by atoms with van der Waals surface area (Å²) in [6.45, 7) is 0. The normalized spacial score (nSPS) is 12.3. The fourth-order valence-electron chi connectivity index (χ4n) is 10.5. The lowest BCUT2D eigenvalue weighted by atomic mass is 9.84. The minimum absolute atomic E-state index is 1.24. The minimum atomic E-state index is 1.24. The average Bonchev–Trinajstić information content (AvgIpc) is 3.77. The molecule has 56 heavy (non-hydrogen) atoms. The maximum atomic E-state index is 2.53. The summed E-state index contributed by atoms with van der Waals surface area (Å²) in [5.74, 6) is 0. The molecule has 0 saturated carbocycles. The summed E-state index contributed by atoms with van der Waals surface area (Å²) in [6, 6.07) is 72.7. The van der Waals surface area contributed by atoms with Crippen molar-refractivity contribution >= 4 is 97.0 Å². The fraction of sp³-hybridized carbons (Fsp3) is 0. The van der Waals surface area contributed by atoms with Crippen molar-refractivity contribution < 1.29 is 0 Å². The van der Waals surface area contributed by atoms with Crippen molar-refractivity contribution in [3.63, 3.8) is 0 Å². The van der Waals surface area contributed by atoms with Gasteiger partial charge in [0, 0.05) is 0 Å². The molecular formula is C56H32. The van der Waals surface area contributed by atoms with E-state index in [2.05, 4.69) is 194 Å². The zero-order valence-corrected chi connectivity index (χ0v) is 30.5. The standard InChI is InChI=1S/C56H32/c1-3-16-34(17-4-1)49-48-32-46-41-25-12-11-24-40(41)42-27-14-28-44(51(42)46)53(48)50(35-18-5-2-6-19-35)56-47-31-36-20-8-10-23-38(36)52-43(29-30-45(54(47)52)55(49)56)39-26-13-21-33-15-7-9-22-37(33)39/h1-32H. The number of benzene rings is 11. The average molecular weight is 705 g/mol. The van der Waals surface area contributed by atoms with Crippen molar-refractivity contribution in [2.24, 2.45) is 0 Å². The highest BCUT2D eigenvalue weighted by atomic mass is 14.3. The second-order valence-corrected chi connectivity index (χ2v) is 15.4. The van der Waals surface area contributed by atoms with E-state index in [-0.39, 0.29) is 0 Å². The van der Waals surface area contributed by atoms with E-state index < -0.39 is 0 Å². The van der Waals surface area contributed by atoms with Crippen molar-refractivity contribution in [2.75, 3.05) is 0 Å². The maximum absolute atomic E-state index is 2.53. The maximum Gasteiger partial charge on any atom is -0.000697 e. The molecule has 0 spiro atoms. The van der Waals surface area contributed by atoms with Gasteiger partial charge in [-0.1, -0.05) is 182 Å². The largest absolute Gasteiger partial charge is 0.0622 e. The molecule has 0 heterocycles. The van der Waals surface area contributed by atoms with Gasteiger partial charge < -0.3 is 0 Å². The first kappa shape index (κ1) is 30.1. The van der Waals surface area contributed by atoms with Crippen molar-refractivity contribution in [3.8, 4) is 33.4 Å². The molecule has 13 aromatic rings. The lowest BCUT2D eigenvalue weighted by Crippen LogP contribution is -1.91. The molecule has 0 aliphatic carbocycles. The van der Waals surface area contributed by atoms with Crippen LogP contribution < -0.4 is 0 Å². The molecule has 0 amide bonds. The topological polar surface area (TPSA) is 0 Å². The zero-order chi connectivity index (χ0) is 36.5. The fourth-order valence-corrected chi connectivity index (χ4v) is 10.5. The molecule has 0 fully saturated rings. The molecule has 13 aromatic carbocycles. The van der Waals surface area contributed by atoms with Gasteiger partial charge in [0.2, 0.25) is 0 Å². The van der Waals surface area contributed by atoms with Crippen LogP contribution in [0.4, 0.5) is 0 Å². The Labute approximate surface area is 323 Å². The van der Waals surface area contributed by atoms with Gasteiger partial charge in [0.25, 0.3) is 0 Å². The Kier molecular flexibility index (Phi) is 5.98. The molecule has 0 unspecified atom stereocenters. The van der Waals surface area contributed by atoms with Crippen LogP contribution in [0.2, 0.25) is 0 Å². The van der Waals surface area contributed by atoms with Gasteiger partial charge in [0.1, 0.15) is 0 Å². The third-order valence-corrected chi connectivity index (χ3v) is 12.7. The molecule has 0 heteroatoms. The predicted molar refractivity (Wildman–Crippen MR) is 243 cm³/mol. The van der Waals surface area contributed by atoms with Gasteiger partial charge in [-0.15, -0.1) is 0 Å².